The van der Waals surface area contributed by atoms with Crippen molar-refractivity contribution in [2.45, 2.75) is 186 Å². The monoisotopic (exact) mass is 651 g/mol. The van der Waals surface area contributed by atoms with Crippen LogP contribution in [0.4, 0.5) is 0 Å². The van der Waals surface area contributed by atoms with E-state index in [0.29, 0.717) is 6.61 Å². The summed E-state index contributed by atoms with van der Waals surface area (Å²) in [7, 11) is -8.92. The van der Waals surface area contributed by atoms with Gasteiger partial charge in [-0.2, -0.15) is 0 Å². The molecule has 1 aliphatic heterocycles. The van der Waals surface area contributed by atoms with E-state index in [0.717, 1.165) is 0 Å². The third kappa shape index (κ3) is 9.54. The summed E-state index contributed by atoms with van der Waals surface area (Å²) >= 11 is 0. The van der Waals surface area contributed by atoms with Gasteiger partial charge in [0.15, 0.2) is 33.3 Å². The van der Waals surface area contributed by atoms with Gasteiger partial charge in [0.2, 0.25) is 6.29 Å². The molecule has 11 heteroatoms. The summed E-state index contributed by atoms with van der Waals surface area (Å²) in [6.45, 7) is 45.7. The topological polar surface area (TPSA) is 81.4 Å². The van der Waals surface area contributed by atoms with Gasteiger partial charge >= 0.3 is 0 Å². The molecule has 1 saturated heterocycles. The van der Waals surface area contributed by atoms with Gasteiger partial charge in [0, 0.05) is 0 Å². The Labute approximate surface area is 258 Å². The molecule has 0 amide bonds. The first-order valence-corrected chi connectivity index (χ1v) is 27.1. The molecule has 0 radical (unpaired) electrons. The number of hydrogen-bond acceptors (Lipinski definition) is 7. The fourth-order valence-electron chi connectivity index (χ4n) is 3.58. The molecule has 2 N–H and O–H groups in total. The molecule has 5 atom stereocenters. The van der Waals surface area contributed by atoms with Crippen LogP contribution >= 0.6 is 0 Å². The van der Waals surface area contributed by atoms with Crippen molar-refractivity contribution >= 4 is 33.3 Å². The molecule has 0 unspecified atom stereocenters. The smallest absolute Gasteiger partial charge is 0.205 e. The lowest BCUT2D eigenvalue weighted by atomic mass is 9.99. The first kappa shape index (κ1) is 39.6. The van der Waals surface area contributed by atoms with E-state index in [9.17, 15) is 0 Å². The lowest BCUT2D eigenvalue weighted by molar-refractivity contribution is -0.293. The quantitative estimate of drug-likeness (QED) is 0.187. The summed E-state index contributed by atoms with van der Waals surface area (Å²) in [6, 6.07) is 0. The van der Waals surface area contributed by atoms with E-state index in [1.165, 1.54) is 0 Å². The number of rotatable bonds is 10. The molecule has 41 heavy (non-hydrogen) atoms. The van der Waals surface area contributed by atoms with Gasteiger partial charge in [0.1, 0.15) is 24.4 Å². The highest BCUT2D eigenvalue weighted by Gasteiger charge is 2.57. The summed E-state index contributed by atoms with van der Waals surface area (Å²) in [5.74, 6) is 5.99. The maximum Gasteiger partial charge on any atom is 0.205 e. The van der Waals surface area contributed by atoms with Gasteiger partial charge < -0.3 is 22.4 Å². The van der Waals surface area contributed by atoms with Crippen LogP contribution < -0.4 is 5.90 Å². The van der Waals surface area contributed by atoms with Gasteiger partial charge in [0.05, 0.1) is 6.61 Å². The third-order valence-electron chi connectivity index (χ3n) is 10.9. The molecule has 0 aromatic heterocycles. The molecule has 0 aromatic rings. The molecular weight excluding hydrogens is 583 g/mol. The highest BCUT2D eigenvalue weighted by Crippen LogP contribution is 2.46. The highest BCUT2D eigenvalue weighted by atomic mass is 28.4. The molecule has 0 spiro atoms. The first-order chi connectivity index (χ1) is 17.8. The van der Waals surface area contributed by atoms with Gasteiger partial charge in [-0.15, -0.1) is 0 Å². The van der Waals surface area contributed by atoms with Crippen LogP contribution in [-0.2, 0) is 27.3 Å². The van der Waals surface area contributed by atoms with Crippen LogP contribution in [0, 0.1) is 0 Å². The summed E-state index contributed by atoms with van der Waals surface area (Å²) < 4.78 is 35.2. The van der Waals surface area contributed by atoms with Gasteiger partial charge in [-0.25, -0.2) is 5.90 Å². The van der Waals surface area contributed by atoms with E-state index in [-0.39, 0.29) is 20.2 Å². The van der Waals surface area contributed by atoms with E-state index in [1.807, 2.05) is 0 Å². The molecule has 1 heterocycles. The van der Waals surface area contributed by atoms with Crippen LogP contribution in [0.25, 0.3) is 0 Å². The van der Waals surface area contributed by atoms with E-state index in [4.69, 9.17) is 33.2 Å². The Bertz CT molecular complexity index is 853. The summed E-state index contributed by atoms with van der Waals surface area (Å²) in [4.78, 5) is 5.59. The highest BCUT2D eigenvalue weighted by molar-refractivity contribution is 6.75. The van der Waals surface area contributed by atoms with E-state index >= 15 is 0 Å². The molecular formula is C30H69NO6Si4. The molecule has 0 saturated carbocycles. The maximum atomic E-state index is 7.32. The SMILES string of the molecule is CC(C)(C)[Si](C)(C)OC[C@H]1O[C@H](ON)[C@H](O[Si](C)(C)C(C)(C)C)[C@@H](O[Si](C)(C)C(C)(C)C)[C@@H]1O[Si](C)(C)C(C)(C)C. The number of hydrogen-bond donors (Lipinski definition) is 1. The average Bonchev–Trinajstić information content (AvgIpc) is 2.71. The van der Waals surface area contributed by atoms with Crippen LogP contribution in [0.5, 0.6) is 0 Å². The van der Waals surface area contributed by atoms with Crippen molar-refractivity contribution in [3.8, 4) is 0 Å². The van der Waals surface area contributed by atoms with E-state index < -0.39 is 64.0 Å². The summed E-state index contributed by atoms with van der Waals surface area (Å²) in [5, 5.41) is 0.0227. The third-order valence-corrected chi connectivity index (χ3v) is 28.8. The van der Waals surface area contributed by atoms with Crippen molar-refractivity contribution in [1.29, 1.82) is 0 Å². The van der Waals surface area contributed by atoms with Crippen molar-refractivity contribution in [2.75, 3.05) is 6.61 Å². The Balaban J connectivity index is 3.83. The normalized spacial score (nSPS) is 26.4. The zero-order valence-electron chi connectivity index (χ0n) is 30.6. The van der Waals surface area contributed by atoms with Gasteiger partial charge in [0.25, 0.3) is 0 Å². The van der Waals surface area contributed by atoms with E-state index in [2.05, 4.69) is 135 Å². The molecule has 246 valence electrons. The van der Waals surface area contributed by atoms with Crippen LogP contribution in [0.3, 0.4) is 0 Å². The second-order valence-corrected chi connectivity index (χ2v) is 37.4. The molecule has 1 fully saturated rings. The second-order valence-electron chi connectivity index (χ2n) is 18.3. The predicted octanol–water partition coefficient (Wildman–Crippen LogP) is 8.79. The van der Waals surface area contributed by atoms with Crippen LogP contribution in [0.15, 0.2) is 0 Å². The zero-order chi connectivity index (χ0) is 32.8. The molecule has 7 nitrogen and oxygen atoms in total. The largest absolute Gasteiger partial charge is 0.414 e. The van der Waals surface area contributed by atoms with Crippen molar-refractivity contribution in [3.63, 3.8) is 0 Å². The van der Waals surface area contributed by atoms with E-state index in [1.54, 1.807) is 0 Å². The molecule has 0 bridgehead atoms. The molecule has 0 aromatic carbocycles. The standard InChI is InChI=1S/C30H69NO6Si4/c1-27(2,3)38(13,14)32-21-22-23(35-39(15,16)28(4,5)6)24(36-40(17,18)29(7,8)9)25(26(33-22)34-31)37-41(19,20)30(10,11)12/h22-26H,21,31H2,1-20H3/t22-,23-,24+,25-,26-/m1/s1. The molecule has 1 rings (SSSR count). The summed E-state index contributed by atoms with van der Waals surface area (Å²) in [6.07, 6.45) is -2.56. The van der Waals surface area contributed by atoms with Crippen LogP contribution in [-0.4, -0.2) is 70.6 Å². The molecule has 0 aliphatic carbocycles. The lowest BCUT2D eigenvalue weighted by Crippen LogP contribution is -2.69. The molecule has 1 aliphatic rings. The van der Waals surface area contributed by atoms with Crippen molar-refractivity contribution in [1.82, 2.24) is 0 Å². The van der Waals surface area contributed by atoms with Crippen LogP contribution in [0.2, 0.25) is 72.5 Å². The minimum absolute atomic E-state index is 0.00361. The predicted molar refractivity (Wildman–Crippen MR) is 183 cm³/mol. The lowest BCUT2D eigenvalue weighted by Gasteiger charge is -2.54. The van der Waals surface area contributed by atoms with Crippen LogP contribution in [0.1, 0.15) is 83.1 Å². The minimum Gasteiger partial charge on any atom is -0.414 e. The Kier molecular flexibility index (Phi) is 12.3. The Morgan fingerprint density at radius 3 is 1.15 bits per heavy atom. The number of ether oxygens (including phenoxy) is 1. The second kappa shape index (κ2) is 12.8. The van der Waals surface area contributed by atoms with Crippen molar-refractivity contribution in [2.24, 2.45) is 5.90 Å². The Hall–Kier alpha value is 0.588. The van der Waals surface area contributed by atoms with Crippen molar-refractivity contribution < 1.29 is 27.3 Å². The Morgan fingerprint density at radius 1 is 0.512 bits per heavy atom. The van der Waals surface area contributed by atoms with Gasteiger partial charge in [-0.3, -0.25) is 4.84 Å². The summed E-state index contributed by atoms with van der Waals surface area (Å²) in [5.41, 5.74) is 0. The zero-order valence-corrected chi connectivity index (χ0v) is 34.6. The number of nitrogens with two attached hydrogens (primary N) is 1. The fraction of sp³-hybridized carbons (Fsp3) is 1.00. The average molecular weight is 652 g/mol. The minimum atomic E-state index is -2.29. The van der Waals surface area contributed by atoms with Gasteiger partial charge in [-0.05, 0) is 72.5 Å². The fourth-order valence-corrected chi connectivity index (χ4v) is 8.50. The van der Waals surface area contributed by atoms with Crippen molar-refractivity contribution in [3.05, 3.63) is 0 Å². The Morgan fingerprint density at radius 2 is 0.829 bits per heavy atom. The first-order valence-electron chi connectivity index (χ1n) is 15.5. The van der Waals surface area contributed by atoms with Gasteiger partial charge in [-0.1, -0.05) is 83.1 Å². The maximum absolute atomic E-state index is 7.32.